The Morgan fingerprint density at radius 3 is 2.44 bits per heavy atom. The molecule has 0 radical (unpaired) electrons. The van der Waals surface area contributed by atoms with E-state index in [0.717, 1.165) is 4.70 Å². The fourth-order valence-electron chi connectivity index (χ4n) is 4.41. The van der Waals surface area contributed by atoms with E-state index in [1.165, 1.54) is 36.5 Å². The van der Waals surface area contributed by atoms with Crippen molar-refractivity contribution in [1.82, 2.24) is 4.98 Å². The van der Waals surface area contributed by atoms with E-state index in [-0.39, 0.29) is 32.4 Å². The predicted molar refractivity (Wildman–Crippen MR) is 151 cm³/mol. The number of aromatic nitrogens is 1. The number of aromatic hydroxyl groups is 1. The number of hydrogen-bond acceptors (Lipinski definition) is 9. The molecule has 1 atom stereocenters. The third-order valence-electron chi connectivity index (χ3n) is 6.26. The maximum absolute atomic E-state index is 13.5. The van der Waals surface area contributed by atoms with Crippen molar-refractivity contribution < 1.29 is 34.0 Å². The van der Waals surface area contributed by atoms with Gasteiger partial charge in [-0.2, -0.15) is 0 Å². The predicted octanol–water partition coefficient (Wildman–Crippen LogP) is 5.81. The molecule has 2 heterocycles. The number of aliphatic hydroxyl groups excluding tert-OH is 1. The summed E-state index contributed by atoms with van der Waals surface area (Å²) in [6, 6.07) is 13.9. The van der Waals surface area contributed by atoms with Crippen molar-refractivity contribution in [3.63, 3.8) is 0 Å². The fourth-order valence-corrected chi connectivity index (χ4v) is 5.89. The van der Waals surface area contributed by atoms with Crippen molar-refractivity contribution in [2.75, 3.05) is 25.7 Å². The van der Waals surface area contributed by atoms with Crippen molar-refractivity contribution >= 4 is 60.1 Å². The van der Waals surface area contributed by atoms with Gasteiger partial charge < -0.3 is 24.4 Å². The van der Waals surface area contributed by atoms with Crippen LogP contribution in [0, 0.1) is 0 Å². The number of Topliss-reactive ketones (excluding diaryl/α,β-unsaturated/α-hetero) is 1. The molecule has 0 bridgehead atoms. The smallest absolute Gasteiger partial charge is 0.301 e. The first-order chi connectivity index (χ1) is 18.8. The zero-order chi connectivity index (χ0) is 27.8. The van der Waals surface area contributed by atoms with Gasteiger partial charge in [0.1, 0.15) is 17.3 Å². The van der Waals surface area contributed by atoms with Crippen LogP contribution < -0.4 is 19.1 Å². The fraction of sp³-hybridized carbons (Fsp3) is 0.179. The van der Waals surface area contributed by atoms with Crippen LogP contribution in [0.1, 0.15) is 24.1 Å². The number of amides is 1. The monoisotopic (exact) mass is 610 g/mol. The maximum atomic E-state index is 13.5. The van der Waals surface area contributed by atoms with Crippen molar-refractivity contribution in [3.8, 4) is 23.0 Å². The number of rotatable bonds is 7. The molecular formula is C28H23BrN2O7S. The van der Waals surface area contributed by atoms with Gasteiger partial charge in [-0.05, 0) is 83.0 Å². The zero-order valence-electron chi connectivity index (χ0n) is 21.1. The van der Waals surface area contributed by atoms with E-state index in [0.29, 0.717) is 34.7 Å². The van der Waals surface area contributed by atoms with Crippen molar-refractivity contribution in [3.05, 3.63) is 75.8 Å². The summed E-state index contributed by atoms with van der Waals surface area (Å²) < 4.78 is 17.2. The second-order valence-electron chi connectivity index (χ2n) is 8.51. The minimum atomic E-state index is -1.06. The molecule has 5 rings (SSSR count). The SMILES string of the molecule is CCOc1ccc2nc(N3C(=O)C(=O)C(=C(O)c4ccc(OC)cc4)C3c3cc(Br)c(O)c(OC)c3)sc2c1. The summed E-state index contributed by atoms with van der Waals surface area (Å²) in [5.74, 6) is -0.863. The Morgan fingerprint density at radius 2 is 1.77 bits per heavy atom. The normalized spacial score (nSPS) is 16.6. The molecule has 4 aromatic rings. The molecule has 9 nitrogen and oxygen atoms in total. The standard InChI is InChI=1S/C28H23BrN2O7S/c1-4-38-17-9-10-19-21(13-17)39-28(30-19)31-23(15-11-18(29)25(33)20(12-15)37-3)22(26(34)27(31)35)24(32)14-5-7-16(36-2)8-6-14/h5-13,23,32-33H,4H2,1-3H3. The van der Waals surface area contributed by atoms with Gasteiger partial charge in [-0.25, -0.2) is 4.98 Å². The summed E-state index contributed by atoms with van der Waals surface area (Å²) in [4.78, 5) is 32.9. The number of carbonyl (C=O) groups excluding carboxylic acids is 2. The number of phenolic OH excluding ortho intramolecular Hbond substituents is 1. The van der Waals surface area contributed by atoms with E-state index in [2.05, 4.69) is 20.9 Å². The summed E-state index contributed by atoms with van der Waals surface area (Å²) in [6.45, 7) is 2.38. The maximum Gasteiger partial charge on any atom is 0.301 e. The number of carbonyl (C=O) groups is 2. The summed E-state index contributed by atoms with van der Waals surface area (Å²) in [5, 5.41) is 22.0. The Hall–Kier alpha value is -4.09. The average Bonchev–Trinajstić information content (AvgIpc) is 3.47. The van der Waals surface area contributed by atoms with E-state index in [1.54, 1.807) is 42.5 Å². The summed E-state index contributed by atoms with van der Waals surface area (Å²) >= 11 is 4.54. The van der Waals surface area contributed by atoms with Crippen LogP contribution in [0.15, 0.2) is 64.6 Å². The first-order valence-corrected chi connectivity index (χ1v) is 13.4. The number of hydrogen-bond donors (Lipinski definition) is 2. The van der Waals surface area contributed by atoms with Crippen molar-refractivity contribution in [2.45, 2.75) is 13.0 Å². The number of aliphatic hydroxyl groups is 1. The number of halogens is 1. The molecule has 1 amide bonds. The molecule has 0 spiro atoms. The Bertz CT molecular complexity index is 1630. The van der Waals surface area contributed by atoms with Crippen LogP contribution in [0.2, 0.25) is 0 Å². The topological polar surface area (TPSA) is 118 Å². The van der Waals surface area contributed by atoms with Gasteiger partial charge in [0, 0.05) is 5.56 Å². The van der Waals surface area contributed by atoms with Crippen LogP contribution in [0.25, 0.3) is 16.0 Å². The van der Waals surface area contributed by atoms with Crippen LogP contribution in [-0.4, -0.2) is 47.7 Å². The van der Waals surface area contributed by atoms with Gasteiger partial charge in [0.2, 0.25) is 0 Å². The highest BCUT2D eigenvalue weighted by molar-refractivity contribution is 9.10. The van der Waals surface area contributed by atoms with E-state index in [9.17, 15) is 19.8 Å². The van der Waals surface area contributed by atoms with E-state index >= 15 is 0 Å². The molecule has 1 aromatic heterocycles. The van der Waals surface area contributed by atoms with Crippen LogP contribution in [0.4, 0.5) is 5.13 Å². The molecule has 0 aliphatic carbocycles. The second kappa shape index (κ2) is 10.6. The third kappa shape index (κ3) is 4.68. The molecule has 1 aliphatic heterocycles. The molecular weight excluding hydrogens is 588 g/mol. The molecule has 1 fully saturated rings. The highest BCUT2D eigenvalue weighted by Crippen LogP contribution is 2.47. The van der Waals surface area contributed by atoms with Gasteiger partial charge in [0.15, 0.2) is 16.6 Å². The number of fused-ring (bicyclic) bond motifs is 1. The molecule has 1 unspecified atom stereocenters. The highest BCUT2D eigenvalue weighted by atomic mass is 79.9. The molecule has 1 aliphatic rings. The molecule has 200 valence electrons. The van der Waals surface area contributed by atoms with Crippen molar-refractivity contribution in [2.24, 2.45) is 0 Å². The summed E-state index contributed by atoms with van der Waals surface area (Å²) in [6.07, 6.45) is 0. The van der Waals surface area contributed by atoms with Crippen molar-refractivity contribution in [1.29, 1.82) is 0 Å². The summed E-state index contributed by atoms with van der Waals surface area (Å²) in [7, 11) is 2.91. The number of thiazole rings is 1. The zero-order valence-corrected chi connectivity index (χ0v) is 23.5. The lowest BCUT2D eigenvalue weighted by Crippen LogP contribution is -2.29. The largest absolute Gasteiger partial charge is 0.507 e. The van der Waals surface area contributed by atoms with Gasteiger partial charge in [-0.1, -0.05) is 11.3 Å². The summed E-state index contributed by atoms with van der Waals surface area (Å²) in [5.41, 5.74) is 1.24. The van der Waals surface area contributed by atoms with Gasteiger partial charge in [-0.15, -0.1) is 0 Å². The molecule has 3 aromatic carbocycles. The first-order valence-electron chi connectivity index (χ1n) is 11.8. The highest BCUT2D eigenvalue weighted by Gasteiger charge is 2.48. The van der Waals surface area contributed by atoms with Gasteiger partial charge in [-0.3, -0.25) is 14.5 Å². The first kappa shape index (κ1) is 26.5. The molecule has 39 heavy (non-hydrogen) atoms. The van der Waals surface area contributed by atoms with Crippen LogP contribution >= 0.6 is 27.3 Å². The number of anilines is 1. The Balaban J connectivity index is 1.73. The number of phenols is 1. The van der Waals surface area contributed by atoms with E-state index in [4.69, 9.17) is 14.2 Å². The van der Waals surface area contributed by atoms with Gasteiger partial charge in [0.25, 0.3) is 5.78 Å². The third-order valence-corrected chi connectivity index (χ3v) is 7.88. The Kier molecular flexibility index (Phi) is 7.19. The lowest BCUT2D eigenvalue weighted by Gasteiger charge is -2.24. The molecule has 11 heteroatoms. The van der Waals surface area contributed by atoms with Gasteiger partial charge in [0.05, 0.1) is 47.1 Å². The molecule has 1 saturated heterocycles. The second-order valence-corrected chi connectivity index (χ2v) is 10.4. The quantitative estimate of drug-likeness (QED) is 0.153. The average molecular weight is 611 g/mol. The number of ether oxygens (including phenoxy) is 3. The molecule has 2 N–H and O–H groups in total. The molecule has 0 saturated carbocycles. The van der Waals surface area contributed by atoms with Gasteiger partial charge >= 0.3 is 5.91 Å². The number of nitrogens with zero attached hydrogens (tertiary/aromatic N) is 2. The lowest BCUT2D eigenvalue weighted by molar-refractivity contribution is -0.132. The van der Waals surface area contributed by atoms with Crippen LogP contribution in [-0.2, 0) is 9.59 Å². The van der Waals surface area contributed by atoms with E-state index in [1.807, 2.05) is 13.0 Å². The Morgan fingerprint density at radius 1 is 1.05 bits per heavy atom. The van der Waals surface area contributed by atoms with Crippen LogP contribution in [0.5, 0.6) is 23.0 Å². The van der Waals surface area contributed by atoms with E-state index < -0.39 is 17.7 Å². The Labute approximate surface area is 236 Å². The number of ketones is 1. The number of methoxy groups -OCH3 is 2. The number of benzene rings is 3. The lowest BCUT2D eigenvalue weighted by atomic mass is 9.95. The van der Waals surface area contributed by atoms with Crippen LogP contribution in [0.3, 0.4) is 0 Å². The minimum absolute atomic E-state index is 0.125. The minimum Gasteiger partial charge on any atom is -0.507 e.